The predicted molar refractivity (Wildman–Crippen MR) is 85.3 cm³/mol. The molecule has 21 heavy (non-hydrogen) atoms. The lowest BCUT2D eigenvalue weighted by Gasteiger charge is -2.11. The zero-order valence-electron chi connectivity index (χ0n) is 12.1. The molecule has 6 heteroatoms. The number of carbonyl (C=O) groups excluding carboxylic acids is 1. The molecule has 1 heterocycles. The summed E-state index contributed by atoms with van der Waals surface area (Å²) in [5.41, 5.74) is 10.0. The molecule has 1 aromatic heterocycles. The summed E-state index contributed by atoms with van der Waals surface area (Å²) < 4.78 is 5.45. The minimum Gasteiger partial charge on any atom is -0.482 e. The molecule has 0 radical (unpaired) electrons. The van der Waals surface area contributed by atoms with Gasteiger partial charge in [0.15, 0.2) is 6.61 Å². The number of hydrogen-bond acceptors (Lipinski definition) is 5. The van der Waals surface area contributed by atoms with Crippen molar-refractivity contribution in [3.63, 3.8) is 0 Å². The van der Waals surface area contributed by atoms with Crippen LogP contribution < -0.4 is 15.8 Å². The van der Waals surface area contributed by atoms with Crippen molar-refractivity contribution in [1.29, 1.82) is 0 Å². The first-order valence-corrected chi connectivity index (χ1v) is 7.68. The highest BCUT2D eigenvalue weighted by Gasteiger charge is 2.08. The fourth-order valence-corrected chi connectivity index (χ4v) is 2.27. The van der Waals surface area contributed by atoms with E-state index in [0.717, 1.165) is 11.3 Å². The van der Waals surface area contributed by atoms with Gasteiger partial charge in [0.25, 0.3) is 5.91 Å². The molecule has 5 nitrogen and oxygen atoms in total. The Hall–Kier alpha value is -2.08. The Morgan fingerprint density at radius 1 is 1.48 bits per heavy atom. The van der Waals surface area contributed by atoms with Gasteiger partial charge in [-0.05, 0) is 24.1 Å². The lowest BCUT2D eigenvalue weighted by atomic mass is 10.1. The second kappa shape index (κ2) is 7.08. The number of thiazole rings is 1. The molecule has 0 unspecified atom stereocenters. The van der Waals surface area contributed by atoms with Gasteiger partial charge in [-0.3, -0.25) is 4.79 Å². The topological polar surface area (TPSA) is 77.2 Å². The van der Waals surface area contributed by atoms with Crippen molar-refractivity contribution in [1.82, 2.24) is 10.3 Å². The highest BCUT2D eigenvalue weighted by Crippen LogP contribution is 2.28. The first-order chi connectivity index (χ1) is 10.1. The summed E-state index contributed by atoms with van der Waals surface area (Å²) in [7, 11) is 0. The van der Waals surface area contributed by atoms with Crippen LogP contribution in [0.1, 0.15) is 13.8 Å². The number of anilines is 1. The lowest BCUT2D eigenvalue weighted by Crippen LogP contribution is -2.31. The van der Waals surface area contributed by atoms with E-state index in [4.69, 9.17) is 10.5 Å². The summed E-state index contributed by atoms with van der Waals surface area (Å²) >= 11 is 1.53. The third-order valence-corrected chi connectivity index (χ3v) is 3.39. The van der Waals surface area contributed by atoms with Crippen molar-refractivity contribution < 1.29 is 9.53 Å². The Bertz CT molecular complexity index is 597. The molecule has 0 aliphatic heterocycles. The SMILES string of the molecule is CC(C)CNC(=O)COc1ccc(-c2cscn2)cc1N. The second-order valence-corrected chi connectivity index (χ2v) is 5.83. The average Bonchev–Trinajstić information content (AvgIpc) is 2.97. The van der Waals surface area contributed by atoms with Gasteiger partial charge in [0.05, 0.1) is 16.9 Å². The Morgan fingerprint density at radius 2 is 2.29 bits per heavy atom. The van der Waals surface area contributed by atoms with Crippen LogP contribution in [-0.4, -0.2) is 24.0 Å². The fourth-order valence-electron chi connectivity index (χ4n) is 1.71. The normalized spacial score (nSPS) is 10.6. The van der Waals surface area contributed by atoms with Gasteiger partial charge >= 0.3 is 0 Å². The highest BCUT2D eigenvalue weighted by molar-refractivity contribution is 7.07. The molecule has 0 aliphatic carbocycles. The molecule has 0 aliphatic rings. The first-order valence-electron chi connectivity index (χ1n) is 6.74. The minimum atomic E-state index is -0.147. The van der Waals surface area contributed by atoms with Gasteiger partial charge in [-0.25, -0.2) is 4.98 Å². The molecule has 2 aromatic rings. The van der Waals surface area contributed by atoms with Gasteiger partial charge in [-0.15, -0.1) is 11.3 Å². The van der Waals surface area contributed by atoms with Gasteiger partial charge in [0, 0.05) is 17.5 Å². The minimum absolute atomic E-state index is 0.0348. The average molecular weight is 305 g/mol. The largest absolute Gasteiger partial charge is 0.482 e. The van der Waals surface area contributed by atoms with Gasteiger partial charge in [-0.1, -0.05) is 13.8 Å². The molecule has 112 valence electrons. The number of nitrogen functional groups attached to an aromatic ring is 1. The highest BCUT2D eigenvalue weighted by atomic mass is 32.1. The van der Waals surface area contributed by atoms with Gasteiger partial charge in [0.2, 0.25) is 0 Å². The zero-order chi connectivity index (χ0) is 15.2. The van der Waals surface area contributed by atoms with Crippen LogP contribution in [0.5, 0.6) is 5.75 Å². The van der Waals surface area contributed by atoms with Crippen LogP contribution in [0.25, 0.3) is 11.3 Å². The van der Waals surface area contributed by atoms with Crippen molar-refractivity contribution in [2.75, 3.05) is 18.9 Å². The third-order valence-electron chi connectivity index (χ3n) is 2.80. The summed E-state index contributed by atoms with van der Waals surface area (Å²) in [5.74, 6) is 0.775. The van der Waals surface area contributed by atoms with E-state index in [9.17, 15) is 4.79 Å². The van der Waals surface area contributed by atoms with Crippen LogP contribution in [0.2, 0.25) is 0 Å². The number of nitrogens with zero attached hydrogens (tertiary/aromatic N) is 1. The summed E-state index contributed by atoms with van der Waals surface area (Å²) in [6.07, 6.45) is 0. The van der Waals surface area contributed by atoms with Crippen LogP contribution in [0.4, 0.5) is 5.69 Å². The summed E-state index contributed by atoms with van der Waals surface area (Å²) in [6.45, 7) is 4.68. The van der Waals surface area contributed by atoms with E-state index in [0.29, 0.717) is 23.9 Å². The molecule has 1 aromatic carbocycles. The number of rotatable bonds is 6. The van der Waals surface area contributed by atoms with Gasteiger partial charge in [-0.2, -0.15) is 0 Å². The molecule has 0 spiro atoms. The Balaban J connectivity index is 1.94. The number of ether oxygens (including phenoxy) is 1. The Labute approximate surface area is 128 Å². The molecule has 0 bridgehead atoms. The molecule has 0 saturated carbocycles. The molecule has 0 saturated heterocycles. The molecule has 3 N–H and O–H groups in total. The first kappa shape index (κ1) is 15.3. The Morgan fingerprint density at radius 3 is 2.90 bits per heavy atom. The molecule has 2 rings (SSSR count). The molecular weight excluding hydrogens is 286 g/mol. The standard InChI is InChI=1S/C15H19N3O2S/c1-10(2)6-17-15(19)7-20-14-4-3-11(5-12(14)16)13-8-21-9-18-13/h3-5,8-10H,6-7,16H2,1-2H3,(H,17,19). The maximum atomic E-state index is 11.6. The summed E-state index contributed by atoms with van der Waals surface area (Å²) in [4.78, 5) is 15.8. The van der Waals surface area contributed by atoms with E-state index in [2.05, 4.69) is 10.3 Å². The maximum Gasteiger partial charge on any atom is 0.257 e. The van der Waals surface area contributed by atoms with Crippen LogP contribution in [-0.2, 0) is 4.79 Å². The van der Waals surface area contributed by atoms with Crippen molar-refractivity contribution in [3.05, 3.63) is 29.1 Å². The van der Waals surface area contributed by atoms with Crippen LogP contribution in [0, 0.1) is 5.92 Å². The van der Waals surface area contributed by atoms with Crippen LogP contribution in [0.15, 0.2) is 29.1 Å². The Kier molecular flexibility index (Phi) is 5.16. The lowest BCUT2D eigenvalue weighted by molar-refractivity contribution is -0.123. The van der Waals surface area contributed by atoms with Crippen molar-refractivity contribution in [3.8, 4) is 17.0 Å². The predicted octanol–water partition coefficient (Wildman–Crippen LogP) is 2.54. The summed E-state index contributed by atoms with van der Waals surface area (Å²) in [6, 6.07) is 5.45. The number of nitrogens with one attached hydrogen (secondary N) is 1. The van der Waals surface area contributed by atoms with E-state index in [1.54, 1.807) is 17.6 Å². The number of amides is 1. The van der Waals surface area contributed by atoms with Gasteiger partial charge < -0.3 is 15.8 Å². The van der Waals surface area contributed by atoms with Crippen molar-refractivity contribution >= 4 is 22.9 Å². The number of aromatic nitrogens is 1. The quantitative estimate of drug-likeness (QED) is 0.804. The fraction of sp³-hybridized carbons (Fsp3) is 0.333. The second-order valence-electron chi connectivity index (χ2n) is 5.11. The van der Waals surface area contributed by atoms with E-state index >= 15 is 0 Å². The monoisotopic (exact) mass is 305 g/mol. The van der Waals surface area contributed by atoms with Crippen molar-refractivity contribution in [2.24, 2.45) is 5.92 Å². The van der Waals surface area contributed by atoms with Crippen LogP contribution in [0.3, 0.4) is 0 Å². The van der Waals surface area contributed by atoms with Gasteiger partial charge in [0.1, 0.15) is 5.75 Å². The zero-order valence-corrected chi connectivity index (χ0v) is 12.9. The molecule has 1 amide bonds. The van der Waals surface area contributed by atoms with Crippen molar-refractivity contribution in [2.45, 2.75) is 13.8 Å². The van der Waals surface area contributed by atoms with E-state index < -0.39 is 0 Å². The smallest absolute Gasteiger partial charge is 0.257 e. The molecular formula is C15H19N3O2S. The van der Waals surface area contributed by atoms with E-state index in [1.807, 2.05) is 25.3 Å². The molecule has 0 atom stereocenters. The van der Waals surface area contributed by atoms with E-state index in [-0.39, 0.29) is 12.5 Å². The maximum absolute atomic E-state index is 11.6. The summed E-state index contributed by atoms with van der Waals surface area (Å²) in [5, 5.41) is 4.75. The number of carbonyl (C=O) groups is 1. The van der Waals surface area contributed by atoms with E-state index in [1.165, 1.54) is 11.3 Å². The number of hydrogen-bond donors (Lipinski definition) is 2. The third kappa shape index (κ3) is 4.46. The number of benzene rings is 1. The number of nitrogens with two attached hydrogens (primary N) is 1. The van der Waals surface area contributed by atoms with Crippen LogP contribution >= 0.6 is 11.3 Å². The molecule has 0 fully saturated rings.